The minimum atomic E-state index is -0.750. The first kappa shape index (κ1) is 20.5. The number of aliphatic carboxylic acids is 1. The maximum Gasteiger partial charge on any atom is 0.305 e. The Labute approximate surface area is 184 Å². The summed E-state index contributed by atoms with van der Waals surface area (Å²) >= 11 is 0. The predicted octanol–water partition coefficient (Wildman–Crippen LogP) is 3.11. The van der Waals surface area contributed by atoms with Crippen LogP contribution in [-0.2, 0) is 17.6 Å². The number of fused-ring (bicyclic) bond motifs is 2. The molecular weight excluding hydrogens is 388 g/mol. The Balaban J connectivity index is 1.08. The molecule has 1 saturated carbocycles. The number of nitrogens with one attached hydrogen (secondary N) is 2. The number of nitrogens with zero attached hydrogens (tertiary/aromatic N) is 2. The van der Waals surface area contributed by atoms with E-state index in [-0.39, 0.29) is 12.5 Å². The van der Waals surface area contributed by atoms with Gasteiger partial charge in [-0.15, -0.1) is 0 Å². The molecule has 3 N–H and O–H groups in total. The number of hydrogen-bond acceptors (Lipinski definition) is 5. The van der Waals surface area contributed by atoms with Crippen molar-refractivity contribution in [2.24, 2.45) is 11.8 Å². The van der Waals surface area contributed by atoms with Crippen LogP contribution >= 0.6 is 0 Å². The van der Waals surface area contributed by atoms with Crippen LogP contribution in [0, 0.1) is 11.8 Å². The first-order valence-electron chi connectivity index (χ1n) is 11.6. The standard InChI is InChI=1S/C25H32N4O2/c30-23(31)14-22(17-6-2-1-3-7-17)28-24-20-15-29(16-21(20)24)13-5-9-19-11-10-18-8-4-12-26-25(18)27-19/h1-3,6-7,10-11,20-22,24,28H,4-5,8-9,12-16H2,(H,26,27)(H,30,31). The van der Waals surface area contributed by atoms with Gasteiger partial charge in [-0.1, -0.05) is 36.4 Å². The van der Waals surface area contributed by atoms with Crippen molar-refractivity contribution in [1.29, 1.82) is 0 Å². The van der Waals surface area contributed by atoms with E-state index in [1.807, 2.05) is 30.3 Å². The van der Waals surface area contributed by atoms with Crippen molar-refractivity contribution in [2.75, 3.05) is 31.5 Å². The lowest BCUT2D eigenvalue weighted by Gasteiger charge is -2.23. The SMILES string of the molecule is O=C(O)CC(NC1C2CN(CCCc3ccc4c(n3)NCCC4)CC21)c1ccccc1. The first-order valence-corrected chi connectivity index (χ1v) is 11.6. The van der Waals surface area contributed by atoms with Gasteiger partial charge in [0.1, 0.15) is 5.82 Å². The summed E-state index contributed by atoms with van der Waals surface area (Å²) in [7, 11) is 0. The Hall–Kier alpha value is -2.44. The van der Waals surface area contributed by atoms with E-state index in [9.17, 15) is 9.90 Å². The lowest BCUT2D eigenvalue weighted by molar-refractivity contribution is -0.137. The number of anilines is 1. The molecule has 3 atom stereocenters. The van der Waals surface area contributed by atoms with Crippen LogP contribution in [0.3, 0.4) is 0 Å². The van der Waals surface area contributed by atoms with Crippen LogP contribution in [0.2, 0.25) is 0 Å². The number of pyridine rings is 1. The van der Waals surface area contributed by atoms with Gasteiger partial charge in [-0.05, 0) is 61.3 Å². The van der Waals surface area contributed by atoms with Gasteiger partial charge in [0.2, 0.25) is 0 Å². The highest BCUT2D eigenvalue weighted by atomic mass is 16.4. The number of carboxylic acid groups (broad SMARTS) is 1. The number of carboxylic acids is 1. The summed E-state index contributed by atoms with van der Waals surface area (Å²) in [6, 6.07) is 14.8. The number of aryl methyl sites for hydroxylation is 2. The third-order valence-electron chi connectivity index (χ3n) is 7.10. The zero-order chi connectivity index (χ0) is 21.2. The molecule has 2 fully saturated rings. The molecule has 0 radical (unpaired) electrons. The first-order chi connectivity index (χ1) is 15.2. The molecule has 164 valence electrons. The topological polar surface area (TPSA) is 77.5 Å². The fourth-order valence-electron chi connectivity index (χ4n) is 5.40. The van der Waals surface area contributed by atoms with Gasteiger partial charge in [-0.3, -0.25) is 4.79 Å². The van der Waals surface area contributed by atoms with E-state index in [1.54, 1.807) is 0 Å². The second kappa shape index (κ2) is 8.97. The number of rotatable bonds is 9. The van der Waals surface area contributed by atoms with Gasteiger partial charge in [-0.25, -0.2) is 4.98 Å². The lowest BCUT2D eigenvalue weighted by atomic mass is 10.0. The van der Waals surface area contributed by atoms with Gasteiger partial charge in [0.25, 0.3) is 0 Å². The van der Waals surface area contributed by atoms with Crippen LogP contribution < -0.4 is 10.6 Å². The molecule has 6 nitrogen and oxygen atoms in total. The van der Waals surface area contributed by atoms with Crippen LogP contribution in [0.1, 0.15) is 42.1 Å². The lowest BCUT2D eigenvalue weighted by Crippen LogP contribution is -2.34. The molecular formula is C25H32N4O2. The highest BCUT2D eigenvalue weighted by Gasteiger charge is 2.55. The molecule has 0 bridgehead atoms. The van der Waals surface area contributed by atoms with Crippen molar-refractivity contribution in [3.8, 4) is 0 Å². The molecule has 3 aliphatic rings. The Morgan fingerprint density at radius 1 is 1.19 bits per heavy atom. The number of benzene rings is 1. The third kappa shape index (κ3) is 4.75. The average molecular weight is 421 g/mol. The van der Waals surface area contributed by atoms with Gasteiger partial charge < -0.3 is 20.6 Å². The van der Waals surface area contributed by atoms with E-state index in [0.717, 1.165) is 56.8 Å². The number of likely N-dealkylation sites (tertiary alicyclic amines) is 1. The van der Waals surface area contributed by atoms with Crippen molar-refractivity contribution in [2.45, 2.75) is 44.2 Å². The predicted molar refractivity (Wildman–Crippen MR) is 121 cm³/mol. The number of piperidine rings is 1. The Kier molecular flexibility index (Phi) is 5.92. The molecule has 5 rings (SSSR count). The second-order valence-electron chi connectivity index (χ2n) is 9.29. The summed E-state index contributed by atoms with van der Waals surface area (Å²) < 4.78 is 0. The van der Waals surface area contributed by atoms with Gasteiger partial charge in [-0.2, -0.15) is 0 Å². The van der Waals surface area contributed by atoms with Crippen molar-refractivity contribution < 1.29 is 9.90 Å². The van der Waals surface area contributed by atoms with Crippen LogP contribution in [0.4, 0.5) is 5.82 Å². The monoisotopic (exact) mass is 420 g/mol. The Morgan fingerprint density at radius 3 is 2.77 bits per heavy atom. The highest BCUT2D eigenvalue weighted by molar-refractivity contribution is 5.68. The van der Waals surface area contributed by atoms with Gasteiger partial charge >= 0.3 is 5.97 Å². The molecule has 2 aromatic rings. The molecule has 1 aliphatic carbocycles. The van der Waals surface area contributed by atoms with Crippen molar-refractivity contribution in [3.63, 3.8) is 0 Å². The third-order valence-corrected chi connectivity index (χ3v) is 7.10. The Bertz CT molecular complexity index is 907. The van der Waals surface area contributed by atoms with Crippen LogP contribution in [-0.4, -0.2) is 53.2 Å². The largest absolute Gasteiger partial charge is 0.481 e. The Morgan fingerprint density at radius 2 is 2.00 bits per heavy atom. The van der Waals surface area contributed by atoms with Crippen molar-refractivity contribution in [1.82, 2.24) is 15.2 Å². The van der Waals surface area contributed by atoms with Gasteiger partial charge in [0.05, 0.1) is 6.42 Å². The van der Waals surface area contributed by atoms with E-state index >= 15 is 0 Å². The minimum Gasteiger partial charge on any atom is -0.481 e. The molecule has 6 heteroatoms. The minimum absolute atomic E-state index is 0.105. The van der Waals surface area contributed by atoms with Crippen LogP contribution in [0.15, 0.2) is 42.5 Å². The molecule has 3 heterocycles. The van der Waals surface area contributed by atoms with Crippen molar-refractivity contribution >= 4 is 11.8 Å². The fourth-order valence-corrected chi connectivity index (χ4v) is 5.40. The summed E-state index contributed by atoms with van der Waals surface area (Å²) in [4.78, 5) is 18.7. The quantitative estimate of drug-likeness (QED) is 0.579. The van der Waals surface area contributed by atoms with E-state index in [2.05, 4.69) is 27.7 Å². The molecule has 0 amide bonds. The molecule has 2 aliphatic heterocycles. The number of carbonyl (C=O) groups is 1. The molecule has 31 heavy (non-hydrogen) atoms. The summed E-state index contributed by atoms with van der Waals surface area (Å²) in [6.45, 7) is 4.39. The molecule has 3 unspecified atom stereocenters. The van der Waals surface area contributed by atoms with Gasteiger partial charge in [0.15, 0.2) is 0 Å². The molecule has 0 spiro atoms. The molecule has 1 aromatic carbocycles. The van der Waals surface area contributed by atoms with Crippen LogP contribution in [0.25, 0.3) is 0 Å². The van der Waals surface area contributed by atoms with Gasteiger partial charge in [0, 0.05) is 37.4 Å². The van der Waals surface area contributed by atoms with Crippen LogP contribution in [0.5, 0.6) is 0 Å². The zero-order valence-electron chi connectivity index (χ0n) is 18.0. The maximum atomic E-state index is 11.3. The summed E-state index contributed by atoms with van der Waals surface area (Å²) in [5, 5.41) is 16.4. The number of aromatic nitrogens is 1. The average Bonchev–Trinajstić information content (AvgIpc) is 3.22. The highest BCUT2D eigenvalue weighted by Crippen LogP contribution is 2.46. The van der Waals surface area contributed by atoms with E-state index in [4.69, 9.17) is 4.98 Å². The normalized spacial score (nSPS) is 25.4. The molecule has 1 aromatic heterocycles. The van der Waals surface area contributed by atoms with E-state index in [1.165, 1.54) is 17.7 Å². The fraction of sp³-hybridized carbons (Fsp3) is 0.520. The number of hydrogen-bond donors (Lipinski definition) is 3. The summed E-state index contributed by atoms with van der Waals surface area (Å²) in [6.07, 6.45) is 4.63. The zero-order valence-corrected chi connectivity index (χ0v) is 18.0. The summed E-state index contributed by atoms with van der Waals surface area (Å²) in [5.74, 6) is 1.66. The van der Waals surface area contributed by atoms with Crippen molar-refractivity contribution in [3.05, 3.63) is 59.3 Å². The van der Waals surface area contributed by atoms with E-state index in [0.29, 0.717) is 17.9 Å². The smallest absolute Gasteiger partial charge is 0.305 e. The second-order valence-corrected chi connectivity index (χ2v) is 9.29. The maximum absolute atomic E-state index is 11.3. The molecule has 1 saturated heterocycles. The van der Waals surface area contributed by atoms with E-state index < -0.39 is 5.97 Å². The summed E-state index contributed by atoms with van der Waals surface area (Å²) in [5.41, 5.74) is 3.61.